The van der Waals surface area contributed by atoms with Crippen molar-refractivity contribution in [3.05, 3.63) is 50.1 Å². The van der Waals surface area contributed by atoms with Gasteiger partial charge in [-0.25, -0.2) is 0 Å². The molecule has 0 unspecified atom stereocenters. The number of aliphatic carboxylic acids is 1. The monoisotopic (exact) mass is 367 g/mol. The van der Waals surface area contributed by atoms with Crippen LogP contribution in [0.25, 0.3) is 0 Å². The molecule has 110 valence electrons. The topological polar surface area (TPSA) is 66.4 Å². The number of benzene rings is 1. The summed E-state index contributed by atoms with van der Waals surface area (Å²) >= 11 is 4.77. The van der Waals surface area contributed by atoms with Crippen LogP contribution in [0.2, 0.25) is 0 Å². The second kappa shape index (κ2) is 6.87. The van der Waals surface area contributed by atoms with Crippen LogP contribution < -0.4 is 5.32 Å². The van der Waals surface area contributed by atoms with Gasteiger partial charge in [0.2, 0.25) is 0 Å². The second-order valence-electron chi connectivity index (χ2n) is 4.57. The molecule has 0 radical (unpaired) electrons. The minimum atomic E-state index is -0.853. The number of hydrogen-bond acceptors (Lipinski definition) is 3. The molecule has 0 spiro atoms. The van der Waals surface area contributed by atoms with Gasteiger partial charge in [0.25, 0.3) is 5.91 Å². The molecular weight excluding hydrogens is 354 g/mol. The number of anilines is 1. The van der Waals surface area contributed by atoms with Crippen LogP contribution in [0, 0.1) is 6.92 Å². The fraction of sp³-hybridized carbons (Fsp3) is 0.200. The Hall–Kier alpha value is -1.66. The maximum atomic E-state index is 12.2. The van der Waals surface area contributed by atoms with Crippen molar-refractivity contribution in [2.45, 2.75) is 19.8 Å². The van der Waals surface area contributed by atoms with E-state index in [1.165, 1.54) is 11.3 Å². The molecule has 2 rings (SSSR count). The highest BCUT2D eigenvalue weighted by atomic mass is 79.9. The molecular formula is C15H14BrNO3S. The Morgan fingerprint density at radius 3 is 2.67 bits per heavy atom. The number of rotatable bonds is 5. The number of hydrogen-bond donors (Lipinski definition) is 2. The first-order chi connectivity index (χ1) is 9.97. The molecule has 0 aliphatic carbocycles. The number of aryl methyl sites for hydroxylation is 2. The van der Waals surface area contributed by atoms with Crippen LogP contribution >= 0.6 is 27.3 Å². The molecule has 2 N–H and O–H groups in total. The minimum absolute atomic E-state index is 0.0382. The van der Waals surface area contributed by atoms with E-state index in [2.05, 4.69) is 21.2 Å². The Balaban J connectivity index is 2.15. The number of carboxylic acid groups (broad SMARTS) is 1. The van der Waals surface area contributed by atoms with Gasteiger partial charge >= 0.3 is 5.97 Å². The Labute approximate surface area is 134 Å². The van der Waals surface area contributed by atoms with E-state index in [1.807, 2.05) is 31.2 Å². The molecule has 6 heteroatoms. The van der Waals surface area contributed by atoms with Gasteiger partial charge in [-0.3, -0.25) is 9.59 Å². The van der Waals surface area contributed by atoms with Gasteiger partial charge in [-0.1, -0.05) is 18.2 Å². The Morgan fingerprint density at radius 2 is 2.05 bits per heavy atom. The van der Waals surface area contributed by atoms with Crippen molar-refractivity contribution >= 4 is 44.8 Å². The molecule has 4 nitrogen and oxygen atoms in total. The Bertz CT molecular complexity index is 662. The van der Waals surface area contributed by atoms with E-state index < -0.39 is 5.97 Å². The molecule has 1 aromatic carbocycles. The molecule has 0 aliphatic heterocycles. The quantitative estimate of drug-likeness (QED) is 0.836. The largest absolute Gasteiger partial charge is 0.481 e. The molecule has 1 heterocycles. The smallest absolute Gasteiger partial charge is 0.303 e. The van der Waals surface area contributed by atoms with Crippen molar-refractivity contribution in [2.75, 3.05) is 5.32 Å². The van der Waals surface area contributed by atoms with Crippen LogP contribution in [0.1, 0.15) is 27.2 Å². The van der Waals surface area contributed by atoms with Gasteiger partial charge in [0, 0.05) is 12.1 Å². The summed E-state index contributed by atoms with van der Waals surface area (Å²) in [6.45, 7) is 1.93. The second-order valence-corrected chi connectivity index (χ2v) is 6.94. The molecule has 2 aromatic rings. The van der Waals surface area contributed by atoms with Crippen molar-refractivity contribution in [3.63, 3.8) is 0 Å². The van der Waals surface area contributed by atoms with Crippen molar-refractivity contribution in [2.24, 2.45) is 0 Å². The average molecular weight is 368 g/mol. The minimum Gasteiger partial charge on any atom is -0.481 e. The summed E-state index contributed by atoms with van der Waals surface area (Å²) in [5.41, 5.74) is 2.50. The van der Waals surface area contributed by atoms with E-state index in [0.717, 1.165) is 14.9 Å². The number of halogens is 1. The Kier molecular flexibility index (Phi) is 5.14. The first-order valence-corrected chi connectivity index (χ1v) is 7.95. The molecule has 0 atom stereocenters. The maximum absolute atomic E-state index is 12.2. The third-order valence-electron chi connectivity index (χ3n) is 2.95. The van der Waals surface area contributed by atoms with Crippen LogP contribution in [-0.4, -0.2) is 17.0 Å². The predicted octanol–water partition coefficient (Wildman–Crippen LogP) is 4.09. The lowest BCUT2D eigenvalue weighted by Crippen LogP contribution is -2.12. The number of thiophene rings is 1. The van der Waals surface area contributed by atoms with Gasteiger partial charge in [-0.15, -0.1) is 11.3 Å². The van der Waals surface area contributed by atoms with Crippen molar-refractivity contribution in [1.82, 2.24) is 0 Å². The number of carbonyl (C=O) groups excluding carboxylic acids is 1. The summed E-state index contributed by atoms with van der Waals surface area (Å²) in [6.07, 6.45) is 0.426. The zero-order chi connectivity index (χ0) is 15.4. The molecule has 0 fully saturated rings. The van der Waals surface area contributed by atoms with Gasteiger partial charge in [0.1, 0.15) is 0 Å². The number of carbonyl (C=O) groups is 2. The van der Waals surface area contributed by atoms with Gasteiger partial charge in [-0.2, -0.15) is 0 Å². The SMILES string of the molecule is Cc1cc(C(=O)Nc2ccccc2CCC(=O)O)sc1Br. The fourth-order valence-corrected chi connectivity index (χ4v) is 3.29. The van der Waals surface area contributed by atoms with E-state index in [9.17, 15) is 9.59 Å². The molecule has 1 aromatic heterocycles. The van der Waals surface area contributed by atoms with Gasteiger partial charge in [-0.05, 0) is 52.5 Å². The standard InChI is InChI=1S/C15H14BrNO3S/c1-9-8-12(21-14(9)16)15(20)17-11-5-3-2-4-10(11)6-7-13(18)19/h2-5,8H,6-7H2,1H3,(H,17,20)(H,18,19). The van der Waals surface area contributed by atoms with E-state index in [1.54, 1.807) is 6.07 Å². The van der Waals surface area contributed by atoms with E-state index >= 15 is 0 Å². The summed E-state index contributed by atoms with van der Waals surface area (Å²) in [6, 6.07) is 9.08. The van der Waals surface area contributed by atoms with Gasteiger partial charge in [0.05, 0.1) is 8.66 Å². The van der Waals surface area contributed by atoms with Crippen LogP contribution in [0.4, 0.5) is 5.69 Å². The lowest BCUT2D eigenvalue weighted by atomic mass is 10.1. The summed E-state index contributed by atoms with van der Waals surface area (Å²) in [5.74, 6) is -1.04. The normalized spacial score (nSPS) is 10.4. The zero-order valence-electron chi connectivity index (χ0n) is 11.4. The molecule has 0 bridgehead atoms. The average Bonchev–Trinajstić information content (AvgIpc) is 2.78. The van der Waals surface area contributed by atoms with E-state index in [0.29, 0.717) is 17.0 Å². The van der Waals surface area contributed by atoms with Crippen molar-refractivity contribution in [3.8, 4) is 0 Å². The molecule has 0 aliphatic rings. The van der Waals surface area contributed by atoms with E-state index in [-0.39, 0.29) is 12.3 Å². The summed E-state index contributed by atoms with van der Waals surface area (Å²) in [5, 5.41) is 11.6. The maximum Gasteiger partial charge on any atom is 0.303 e. The lowest BCUT2D eigenvalue weighted by molar-refractivity contribution is -0.136. The van der Waals surface area contributed by atoms with Gasteiger partial charge < -0.3 is 10.4 Å². The first-order valence-electron chi connectivity index (χ1n) is 6.34. The summed E-state index contributed by atoms with van der Waals surface area (Å²) < 4.78 is 0.937. The van der Waals surface area contributed by atoms with Crippen LogP contribution in [0.15, 0.2) is 34.1 Å². The highest BCUT2D eigenvalue weighted by Crippen LogP contribution is 2.28. The predicted molar refractivity (Wildman–Crippen MR) is 87.1 cm³/mol. The molecule has 0 saturated carbocycles. The summed E-state index contributed by atoms with van der Waals surface area (Å²) in [4.78, 5) is 23.5. The first kappa shape index (κ1) is 15.7. The highest BCUT2D eigenvalue weighted by molar-refractivity contribution is 9.11. The van der Waals surface area contributed by atoms with Crippen LogP contribution in [0.3, 0.4) is 0 Å². The van der Waals surface area contributed by atoms with Crippen LogP contribution in [-0.2, 0) is 11.2 Å². The molecule has 21 heavy (non-hydrogen) atoms. The lowest BCUT2D eigenvalue weighted by Gasteiger charge is -2.09. The third-order valence-corrected chi connectivity index (χ3v) is 5.09. The number of amides is 1. The fourth-order valence-electron chi connectivity index (χ4n) is 1.86. The zero-order valence-corrected chi connectivity index (χ0v) is 13.8. The number of para-hydroxylation sites is 1. The molecule has 0 saturated heterocycles. The third kappa shape index (κ3) is 4.15. The summed E-state index contributed by atoms with van der Waals surface area (Å²) in [7, 11) is 0. The highest BCUT2D eigenvalue weighted by Gasteiger charge is 2.13. The molecule has 1 amide bonds. The van der Waals surface area contributed by atoms with Crippen molar-refractivity contribution in [1.29, 1.82) is 0 Å². The van der Waals surface area contributed by atoms with Crippen LogP contribution in [0.5, 0.6) is 0 Å². The number of carboxylic acids is 1. The van der Waals surface area contributed by atoms with Gasteiger partial charge in [0.15, 0.2) is 0 Å². The van der Waals surface area contributed by atoms with Crippen molar-refractivity contribution < 1.29 is 14.7 Å². The van der Waals surface area contributed by atoms with E-state index in [4.69, 9.17) is 5.11 Å². The number of nitrogens with one attached hydrogen (secondary N) is 1. The Morgan fingerprint density at radius 1 is 1.33 bits per heavy atom.